The average molecular weight is 418 g/mol. The van der Waals surface area contributed by atoms with E-state index in [2.05, 4.69) is 10.3 Å². The summed E-state index contributed by atoms with van der Waals surface area (Å²) >= 11 is 11.9. The molecule has 144 valence electrons. The summed E-state index contributed by atoms with van der Waals surface area (Å²) in [5.41, 5.74) is 0.815. The zero-order valence-electron chi connectivity index (χ0n) is 14.7. The molecule has 1 amide bonds. The van der Waals surface area contributed by atoms with E-state index in [-0.39, 0.29) is 5.56 Å². The minimum absolute atomic E-state index is 0.0650. The van der Waals surface area contributed by atoms with E-state index < -0.39 is 17.2 Å². The number of aromatic nitrogens is 2. The molecule has 2 aromatic heterocycles. The standard InChI is InChI=1S/C20H17Cl2N3O3/c21-16-4-3-13(12-17(16)22)2-1-8-24-19(27)15-7-11-25(20(28)18(15)26)14-5-9-23-10-6-14/h3-7,9-12,26H,1-2,8H2,(H,24,27). The van der Waals surface area contributed by atoms with E-state index >= 15 is 0 Å². The lowest BCUT2D eigenvalue weighted by molar-refractivity contribution is 0.0950. The Balaban J connectivity index is 1.62. The van der Waals surface area contributed by atoms with Crippen molar-refractivity contribution in [2.45, 2.75) is 12.8 Å². The van der Waals surface area contributed by atoms with Crippen molar-refractivity contribution in [3.63, 3.8) is 0 Å². The molecule has 0 atom stereocenters. The van der Waals surface area contributed by atoms with Crippen molar-refractivity contribution in [3.05, 3.63) is 86.5 Å². The molecule has 0 aliphatic heterocycles. The lowest BCUT2D eigenvalue weighted by atomic mass is 10.1. The van der Waals surface area contributed by atoms with Gasteiger partial charge in [-0.25, -0.2) is 0 Å². The number of amides is 1. The molecule has 0 aliphatic rings. The van der Waals surface area contributed by atoms with Crippen LogP contribution in [0.3, 0.4) is 0 Å². The normalized spacial score (nSPS) is 10.6. The van der Waals surface area contributed by atoms with Crippen LogP contribution in [0.15, 0.2) is 59.8 Å². The van der Waals surface area contributed by atoms with Gasteiger partial charge in [-0.15, -0.1) is 0 Å². The Morgan fingerprint density at radius 3 is 2.57 bits per heavy atom. The summed E-state index contributed by atoms with van der Waals surface area (Å²) in [6.07, 6.45) is 5.88. The van der Waals surface area contributed by atoms with Gasteiger partial charge in [-0.1, -0.05) is 29.3 Å². The number of rotatable bonds is 6. The molecule has 0 fully saturated rings. The van der Waals surface area contributed by atoms with Gasteiger partial charge in [-0.05, 0) is 48.7 Å². The van der Waals surface area contributed by atoms with Crippen molar-refractivity contribution >= 4 is 29.1 Å². The molecule has 2 heterocycles. The summed E-state index contributed by atoms with van der Waals surface area (Å²) in [5, 5.41) is 13.9. The second-order valence-corrected chi connectivity index (χ2v) is 6.88. The van der Waals surface area contributed by atoms with Gasteiger partial charge in [-0.2, -0.15) is 0 Å². The zero-order chi connectivity index (χ0) is 20.1. The van der Waals surface area contributed by atoms with Gasteiger partial charge >= 0.3 is 0 Å². The highest BCUT2D eigenvalue weighted by molar-refractivity contribution is 6.42. The molecule has 0 bridgehead atoms. The van der Waals surface area contributed by atoms with Crippen molar-refractivity contribution in [1.29, 1.82) is 0 Å². The molecular weight excluding hydrogens is 401 g/mol. The Bertz CT molecular complexity index is 1050. The summed E-state index contributed by atoms with van der Waals surface area (Å²) in [4.78, 5) is 28.6. The first-order valence-electron chi connectivity index (χ1n) is 8.54. The first-order valence-corrected chi connectivity index (χ1v) is 9.30. The monoisotopic (exact) mass is 417 g/mol. The molecule has 3 rings (SSSR count). The summed E-state index contributed by atoms with van der Waals surface area (Å²) < 4.78 is 1.25. The van der Waals surface area contributed by atoms with Gasteiger partial charge in [0, 0.05) is 25.1 Å². The Morgan fingerprint density at radius 2 is 1.86 bits per heavy atom. The summed E-state index contributed by atoms with van der Waals surface area (Å²) in [7, 11) is 0. The molecule has 0 saturated heterocycles. The number of carbonyl (C=O) groups is 1. The van der Waals surface area contributed by atoms with E-state index in [1.165, 1.54) is 29.2 Å². The van der Waals surface area contributed by atoms with Gasteiger partial charge in [-0.3, -0.25) is 19.1 Å². The molecule has 0 radical (unpaired) electrons. The minimum atomic E-state index is -0.672. The third-order valence-electron chi connectivity index (χ3n) is 4.16. The van der Waals surface area contributed by atoms with Crippen molar-refractivity contribution in [3.8, 4) is 11.4 Å². The number of benzene rings is 1. The highest BCUT2D eigenvalue weighted by Gasteiger charge is 2.16. The highest BCUT2D eigenvalue weighted by Crippen LogP contribution is 2.23. The molecule has 3 aromatic rings. The molecule has 0 unspecified atom stereocenters. The first kappa shape index (κ1) is 19.9. The predicted molar refractivity (Wildman–Crippen MR) is 109 cm³/mol. The van der Waals surface area contributed by atoms with Crippen molar-refractivity contribution < 1.29 is 9.90 Å². The van der Waals surface area contributed by atoms with Crippen LogP contribution < -0.4 is 10.9 Å². The van der Waals surface area contributed by atoms with Crippen molar-refractivity contribution in [1.82, 2.24) is 14.9 Å². The molecule has 0 aliphatic carbocycles. The van der Waals surface area contributed by atoms with Crippen LogP contribution in [0.4, 0.5) is 0 Å². The predicted octanol–water partition coefficient (Wildman–Crippen LogP) is 3.61. The van der Waals surface area contributed by atoms with Crippen LogP contribution in [0.1, 0.15) is 22.3 Å². The van der Waals surface area contributed by atoms with Crippen molar-refractivity contribution in [2.75, 3.05) is 6.54 Å². The van der Waals surface area contributed by atoms with Crippen LogP contribution in [0.2, 0.25) is 10.0 Å². The summed E-state index contributed by atoms with van der Waals surface area (Å²) in [6.45, 7) is 0.381. The molecule has 6 nitrogen and oxygen atoms in total. The summed E-state index contributed by atoms with van der Waals surface area (Å²) in [5.74, 6) is -1.10. The van der Waals surface area contributed by atoms with E-state index in [1.54, 1.807) is 24.3 Å². The summed E-state index contributed by atoms with van der Waals surface area (Å²) in [6, 6.07) is 10.1. The van der Waals surface area contributed by atoms with E-state index in [4.69, 9.17) is 23.2 Å². The number of nitrogens with zero attached hydrogens (tertiary/aromatic N) is 2. The Kier molecular flexibility index (Phi) is 6.34. The third kappa shape index (κ3) is 4.52. The number of hydrogen-bond acceptors (Lipinski definition) is 4. The average Bonchev–Trinajstić information content (AvgIpc) is 2.70. The number of aromatic hydroxyl groups is 1. The number of hydrogen-bond donors (Lipinski definition) is 2. The molecule has 1 aromatic carbocycles. The maximum absolute atomic E-state index is 12.4. The van der Waals surface area contributed by atoms with Gasteiger partial charge in [0.15, 0.2) is 5.75 Å². The minimum Gasteiger partial charge on any atom is -0.502 e. The Hall–Kier alpha value is -2.83. The topological polar surface area (TPSA) is 84.2 Å². The second kappa shape index (κ2) is 8.91. The zero-order valence-corrected chi connectivity index (χ0v) is 16.2. The van der Waals surface area contributed by atoms with Crippen LogP contribution in [0, 0.1) is 0 Å². The third-order valence-corrected chi connectivity index (χ3v) is 4.90. The van der Waals surface area contributed by atoms with Crippen LogP contribution in [-0.2, 0) is 6.42 Å². The van der Waals surface area contributed by atoms with Gasteiger partial charge in [0.25, 0.3) is 11.5 Å². The number of aryl methyl sites for hydroxylation is 1. The molecule has 8 heteroatoms. The van der Waals surface area contributed by atoms with E-state index in [1.807, 2.05) is 6.07 Å². The van der Waals surface area contributed by atoms with E-state index in [0.29, 0.717) is 35.1 Å². The lowest BCUT2D eigenvalue weighted by Crippen LogP contribution is -2.28. The van der Waals surface area contributed by atoms with E-state index in [0.717, 1.165) is 5.56 Å². The van der Waals surface area contributed by atoms with Gasteiger partial charge < -0.3 is 10.4 Å². The maximum Gasteiger partial charge on any atom is 0.298 e. The molecular formula is C20H17Cl2N3O3. The molecule has 2 N–H and O–H groups in total. The maximum atomic E-state index is 12.4. The van der Waals surface area contributed by atoms with Crippen LogP contribution in [-0.4, -0.2) is 27.1 Å². The fourth-order valence-corrected chi connectivity index (χ4v) is 3.02. The van der Waals surface area contributed by atoms with Crippen LogP contribution in [0.5, 0.6) is 5.75 Å². The number of nitrogens with one attached hydrogen (secondary N) is 1. The van der Waals surface area contributed by atoms with Crippen LogP contribution >= 0.6 is 23.2 Å². The fourth-order valence-electron chi connectivity index (χ4n) is 2.70. The second-order valence-electron chi connectivity index (χ2n) is 6.07. The fraction of sp³-hybridized carbons (Fsp3) is 0.150. The van der Waals surface area contributed by atoms with Crippen molar-refractivity contribution in [2.24, 2.45) is 0 Å². The quantitative estimate of drug-likeness (QED) is 0.599. The largest absolute Gasteiger partial charge is 0.502 e. The smallest absolute Gasteiger partial charge is 0.298 e. The van der Waals surface area contributed by atoms with Gasteiger partial charge in [0.05, 0.1) is 21.3 Å². The Morgan fingerprint density at radius 1 is 1.11 bits per heavy atom. The van der Waals surface area contributed by atoms with Gasteiger partial charge in [0.2, 0.25) is 0 Å². The Labute approximate surface area is 171 Å². The van der Waals surface area contributed by atoms with Gasteiger partial charge in [0.1, 0.15) is 0 Å². The number of carbonyl (C=O) groups excluding carboxylic acids is 1. The molecule has 0 saturated carbocycles. The number of halogens is 2. The molecule has 28 heavy (non-hydrogen) atoms. The number of pyridine rings is 2. The highest BCUT2D eigenvalue weighted by atomic mass is 35.5. The van der Waals surface area contributed by atoms with E-state index in [9.17, 15) is 14.7 Å². The SMILES string of the molecule is O=C(NCCCc1ccc(Cl)c(Cl)c1)c1ccn(-c2ccncc2)c(=O)c1O. The first-order chi connectivity index (χ1) is 13.5. The van der Waals surface area contributed by atoms with Crippen LogP contribution in [0.25, 0.3) is 5.69 Å². The molecule has 0 spiro atoms. The lowest BCUT2D eigenvalue weighted by Gasteiger charge is -2.10.